The van der Waals surface area contributed by atoms with E-state index in [9.17, 15) is 0 Å². The zero-order chi connectivity index (χ0) is 11.6. The topological polar surface area (TPSA) is 49.7 Å². The minimum Gasteiger partial charge on any atom is -0.488 e. The Hall–Kier alpha value is -0.705. The lowest BCUT2D eigenvalue weighted by atomic mass is 9.80. The van der Waals surface area contributed by atoms with Crippen molar-refractivity contribution in [2.75, 3.05) is 0 Å². The Labute approximate surface area is 94.8 Å². The minimum atomic E-state index is -1.55. The Kier molecular flexibility index (Phi) is 3.65. The molecule has 0 heterocycles. The fourth-order valence-electron chi connectivity index (χ4n) is 1.13. The minimum absolute atomic E-state index is 0.276. The first-order valence-electron chi connectivity index (χ1n) is 4.64. The van der Waals surface area contributed by atoms with E-state index in [1.807, 2.05) is 20.8 Å². The largest absolute Gasteiger partial charge is 0.489 e. The van der Waals surface area contributed by atoms with Gasteiger partial charge in [-0.25, -0.2) is 0 Å². The summed E-state index contributed by atoms with van der Waals surface area (Å²) in [6.07, 6.45) is 0. The predicted octanol–water partition coefficient (Wildman–Crippen LogP) is 1.20. The molecule has 3 nitrogen and oxygen atoms in total. The van der Waals surface area contributed by atoms with Gasteiger partial charge in [0.1, 0.15) is 11.4 Å². The number of hydrogen-bond donors (Lipinski definition) is 2. The van der Waals surface area contributed by atoms with E-state index >= 15 is 0 Å². The van der Waals surface area contributed by atoms with E-state index in [1.54, 1.807) is 12.1 Å². The molecule has 0 saturated carbocycles. The van der Waals surface area contributed by atoms with Crippen LogP contribution in [0.25, 0.3) is 0 Å². The average molecular weight is 228 g/mol. The summed E-state index contributed by atoms with van der Waals surface area (Å²) in [5.41, 5.74) is -0.0270. The first kappa shape index (κ1) is 12.4. The number of benzene rings is 1. The van der Waals surface area contributed by atoms with Crippen molar-refractivity contribution in [2.45, 2.75) is 26.4 Å². The third-order valence-electron chi connectivity index (χ3n) is 1.67. The molecule has 1 aromatic carbocycles. The molecule has 5 heteroatoms. The van der Waals surface area contributed by atoms with Crippen LogP contribution in [0.5, 0.6) is 5.75 Å². The molecule has 0 aliphatic carbocycles. The van der Waals surface area contributed by atoms with E-state index in [4.69, 9.17) is 26.4 Å². The van der Waals surface area contributed by atoms with Gasteiger partial charge in [0, 0.05) is 10.5 Å². The molecule has 0 radical (unpaired) electrons. The van der Waals surface area contributed by atoms with Crippen LogP contribution in [0.3, 0.4) is 0 Å². The molecule has 0 aliphatic rings. The predicted molar refractivity (Wildman–Crippen MR) is 61.7 cm³/mol. The third-order valence-corrected chi connectivity index (χ3v) is 2.00. The van der Waals surface area contributed by atoms with Gasteiger partial charge in [-0.15, -0.1) is 0 Å². The Morgan fingerprint density at radius 3 is 2.27 bits per heavy atom. The molecule has 0 spiro atoms. The summed E-state index contributed by atoms with van der Waals surface area (Å²) in [7, 11) is -1.55. The third kappa shape index (κ3) is 3.74. The van der Waals surface area contributed by atoms with Crippen LogP contribution in [0.4, 0.5) is 0 Å². The molecule has 0 aliphatic heterocycles. The van der Waals surface area contributed by atoms with E-state index in [2.05, 4.69) is 0 Å². The van der Waals surface area contributed by atoms with Crippen LogP contribution in [0.1, 0.15) is 20.8 Å². The molecule has 2 N–H and O–H groups in total. The van der Waals surface area contributed by atoms with Crippen molar-refractivity contribution in [2.24, 2.45) is 0 Å². The average Bonchev–Trinajstić information content (AvgIpc) is 1.99. The van der Waals surface area contributed by atoms with Gasteiger partial charge in [0.2, 0.25) is 0 Å². The van der Waals surface area contributed by atoms with E-state index in [0.29, 0.717) is 5.75 Å². The zero-order valence-corrected chi connectivity index (χ0v) is 9.75. The maximum absolute atomic E-state index is 8.96. The molecule has 82 valence electrons. The van der Waals surface area contributed by atoms with E-state index < -0.39 is 7.12 Å². The lowest BCUT2D eigenvalue weighted by Crippen LogP contribution is -2.31. The molecule has 0 bridgehead atoms. The Balaban J connectivity index is 2.92. The van der Waals surface area contributed by atoms with E-state index in [0.717, 1.165) is 0 Å². The van der Waals surface area contributed by atoms with Crippen LogP contribution in [-0.2, 0) is 0 Å². The lowest BCUT2D eigenvalue weighted by molar-refractivity contribution is 0.131. The van der Waals surface area contributed by atoms with Crippen molar-refractivity contribution in [3.05, 3.63) is 23.2 Å². The SMILES string of the molecule is CC(C)(C)Oc1ccc(B(O)O)c(Cl)c1. The summed E-state index contributed by atoms with van der Waals surface area (Å²) < 4.78 is 5.57. The highest BCUT2D eigenvalue weighted by Gasteiger charge is 2.17. The van der Waals surface area contributed by atoms with Gasteiger partial charge in [0.05, 0.1) is 0 Å². The van der Waals surface area contributed by atoms with Crippen LogP contribution in [0.15, 0.2) is 18.2 Å². The van der Waals surface area contributed by atoms with Crippen molar-refractivity contribution in [3.8, 4) is 5.75 Å². The molecule has 0 aromatic heterocycles. The molecule has 15 heavy (non-hydrogen) atoms. The van der Waals surface area contributed by atoms with Crippen LogP contribution >= 0.6 is 11.6 Å². The summed E-state index contributed by atoms with van der Waals surface area (Å²) in [6.45, 7) is 5.78. The highest BCUT2D eigenvalue weighted by molar-refractivity contribution is 6.62. The maximum Gasteiger partial charge on any atom is 0.489 e. The fourth-order valence-corrected chi connectivity index (χ4v) is 1.40. The summed E-state index contributed by atoms with van der Waals surface area (Å²) in [5.74, 6) is 0.608. The highest BCUT2D eigenvalue weighted by Crippen LogP contribution is 2.20. The lowest BCUT2D eigenvalue weighted by Gasteiger charge is -2.21. The van der Waals surface area contributed by atoms with Gasteiger partial charge in [-0.2, -0.15) is 0 Å². The first-order chi connectivity index (χ1) is 6.79. The molecule has 1 rings (SSSR count). The van der Waals surface area contributed by atoms with Gasteiger partial charge >= 0.3 is 7.12 Å². The van der Waals surface area contributed by atoms with Gasteiger partial charge < -0.3 is 14.8 Å². The Morgan fingerprint density at radius 2 is 1.87 bits per heavy atom. The van der Waals surface area contributed by atoms with Gasteiger partial charge in [0.15, 0.2) is 0 Å². The monoisotopic (exact) mass is 228 g/mol. The van der Waals surface area contributed by atoms with E-state index in [-0.39, 0.29) is 16.1 Å². The standard InChI is InChI=1S/C10H14BClO3/c1-10(2,3)15-7-4-5-8(11(13)14)9(12)6-7/h4-6,13-14H,1-3H3. The van der Waals surface area contributed by atoms with Crippen LogP contribution in [0.2, 0.25) is 5.02 Å². The van der Waals surface area contributed by atoms with E-state index in [1.165, 1.54) is 6.07 Å². The zero-order valence-electron chi connectivity index (χ0n) is 8.99. The van der Waals surface area contributed by atoms with Crippen molar-refractivity contribution < 1.29 is 14.8 Å². The molecular formula is C10H14BClO3. The van der Waals surface area contributed by atoms with Gasteiger partial charge in [-0.05, 0) is 32.9 Å². The summed E-state index contributed by atoms with van der Waals surface area (Å²) in [5, 5.41) is 18.2. The van der Waals surface area contributed by atoms with Crippen molar-refractivity contribution in [1.29, 1.82) is 0 Å². The smallest absolute Gasteiger partial charge is 0.488 e. The molecule has 0 unspecified atom stereocenters. The molecular weight excluding hydrogens is 214 g/mol. The quantitative estimate of drug-likeness (QED) is 0.748. The van der Waals surface area contributed by atoms with Crippen LogP contribution in [-0.4, -0.2) is 22.8 Å². The Bertz CT molecular complexity index is 347. The molecule has 0 atom stereocenters. The van der Waals surface area contributed by atoms with Crippen molar-refractivity contribution in [1.82, 2.24) is 0 Å². The molecule has 0 amide bonds. The second-order valence-corrected chi connectivity index (χ2v) is 4.68. The van der Waals surface area contributed by atoms with Gasteiger partial charge in [-0.1, -0.05) is 17.7 Å². The number of halogens is 1. The highest BCUT2D eigenvalue weighted by atomic mass is 35.5. The normalized spacial score (nSPS) is 11.3. The number of hydrogen-bond acceptors (Lipinski definition) is 3. The summed E-state index contributed by atoms with van der Waals surface area (Å²) in [4.78, 5) is 0. The van der Waals surface area contributed by atoms with Crippen molar-refractivity contribution >= 4 is 24.2 Å². The second kappa shape index (κ2) is 4.43. The van der Waals surface area contributed by atoms with Crippen LogP contribution in [0, 0.1) is 0 Å². The molecule has 1 aromatic rings. The summed E-state index contributed by atoms with van der Waals surface area (Å²) >= 11 is 5.85. The Morgan fingerprint density at radius 1 is 1.27 bits per heavy atom. The maximum atomic E-state index is 8.96. The number of rotatable bonds is 2. The molecule has 0 saturated heterocycles. The number of ether oxygens (including phenoxy) is 1. The van der Waals surface area contributed by atoms with Crippen molar-refractivity contribution in [3.63, 3.8) is 0 Å². The van der Waals surface area contributed by atoms with Crippen LogP contribution < -0.4 is 10.2 Å². The fraction of sp³-hybridized carbons (Fsp3) is 0.400. The first-order valence-corrected chi connectivity index (χ1v) is 5.02. The summed E-state index contributed by atoms with van der Waals surface area (Å²) in [6, 6.07) is 4.77. The van der Waals surface area contributed by atoms with Gasteiger partial charge in [0.25, 0.3) is 0 Å². The second-order valence-electron chi connectivity index (χ2n) is 4.27. The molecule has 0 fully saturated rings. The van der Waals surface area contributed by atoms with Gasteiger partial charge in [-0.3, -0.25) is 0 Å².